The first-order valence-electron chi connectivity index (χ1n) is 5.07. The van der Waals surface area contributed by atoms with Gasteiger partial charge in [0.05, 0.1) is 16.3 Å². The van der Waals surface area contributed by atoms with Gasteiger partial charge >= 0.3 is 0 Å². The fraction of sp³-hybridized carbons (Fsp3) is 0. The molecular formula is C12H11BrN2O2S. The zero-order valence-electron chi connectivity index (χ0n) is 9.30. The third-order valence-corrected chi connectivity index (χ3v) is 4.83. The molecule has 0 saturated heterocycles. The molecule has 94 valence electrons. The second kappa shape index (κ2) is 4.62. The Kier molecular flexibility index (Phi) is 3.32. The van der Waals surface area contributed by atoms with Crippen molar-refractivity contribution in [2.45, 2.75) is 9.79 Å². The molecule has 6 heteroatoms. The number of nitrogens with two attached hydrogens (primary N) is 2. The van der Waals surface area contributed by atoms with E-state index in [0.29, 0.717) is 4.47 Å². The van der Waals surface area contributed by atoms with E-state index in [1.807, 2.05) is 0 Å². The van der Waals surface area contributed by atoms with Crippen molar-refractivity contribution in [1.29, 1.82) is 0 Å². The van der Waals surface area contributed by atoms with E-state index in [1.54, 1.807) is 18.2 Å². The molecule has 18 heavy (non-hydrogen) atoms. The molecule has 0 spiro atoms. The second-order valence-electron chi connectivity index (χ2n) is 3.73. The van der Waals surface area contributed by atoms with Crippen LogP contribution in [-0.4, -0.2) is 8.42 Å². The molecule has 0 amide bonds. The largest absolute Gasteiger partial charge is 0.398 e. The minimum absolute atomic E-state index is 0.0388. The number of anilines is 2. The van der Waals surface area contributed by atoms with Gasteiger partial charge in [0.2, 0.25) is 9.84 Å². The van der Waals surface area contributed by atoms with Crippen molar-refractivity contribution in [2.24, 2.45) is 0 Å². The van der Waals surface area contributed by atoms with E-state index in [0.717, 1.165) is 0 Å². The van der Waals surface area contributed by atoms with Gasteiger partial charge in [-0.1, -0.05) is 28.1 Å². The van der Waals surface area contributed by atoms with E-state index in [-0.39, 0.29) is 21.2 Å². The van der Waals surface area contributed by atoms with Gasteiger partial charge in [0, 0.05) is 4.47 Å². The van der Waals surface area contributed by atoms with E-state index in [9.17, 15) is 8.42 Å². The fourth-order valence-corrected chi connectivity index (χ4v) is 3.72. The summed E-state index contributed by atoms with van der Waals surface area (Å²) in [5, 5.41) is 0. The van der Waals surface area contributed by atoms with Crippen molar-refractivity contribution in [1.82, 2.24) is 0 Å². The highest BCUT2D eigenvalue weighted by molar-refractivity contribution is 9.10. The summed E-state index contributed by atoms with van der Waals surface area (Å²) in [6.45, 7) is 0. The smallest absolute Gasteiger partial charge is 0.210 e. The standard InChI is InChI=1S/C12H11BrN2O2S/c13-8-3-1-4-9(7-8)18(16,17)12-10(14)5-2-6-11(12)15/h1-7H,14-15H2. The highest BCUT2D eigenvalue weighted by Gasteiger charge is 2.23. The molecule has 0 unspecified atom stereocenters. The minimum atomic E-state index is -3.70. The maximum Gasteiger partial charge on any atom is 0.210 e. The van der Waals surface area contributed by atoms with Crippen LogP contribution in [0.5, 0.6) is 0 Å². The van der Waals surface area contributed by atoms with E-state index >= 15 is 0 Å². The summed E-state index contributed by atoms with van der Waals surface area (Å²) in [7, 11) is -3.70. The lowest BCUT2D eigenvalue weighted by Gasteiger charge is -2.10. The van der Waals surface area contributed by atoms with Gasteiger partial charge in [-0.2, -0.15) is 0 Å². The van der Waals surface area contributed by atoms with Crippen molar-refractivity contribution >= 4 is 37.1 Å². The van der Waals surface area contributed by atoms with E-state index in [1.165, 1.54) is 24.3 Å². The van der Waals surface area contributed by atoms with Crippen LogP contribution in [0, 0.1) is 0 Å². The van der Waals surface area contributed by atoms with Crippen LogP contribution in [0.2, 0.25) is 0 Å². The molecule has 0 bridgehead atoms. The predicted octanol–water partition coefficient (Wildman–Crippen LogP) is 2.45. The number of nitrogen functional groups attached to an aromatic ring is 2. The molecule has 0 aromatic heterocycles. The average Bonchev–Trinajstić information content (AvgIpc) is 2.28. The molecule has 0 aliphatic heterocycles. The van der Waals surface area contributed by atoms with E-state index in [4.69, 9.17) is 11.5 Å². The molecule has 0 radical (unpaired) electrons. The quantitative estimate of drug-likeness (QED) is 0.830. The van der Waals surface area contributed by atoms with Gasteiger partial charge in [0.15, 0.2) is 0 Å². The molecule has 2 rings (SSSR count). The summed E-state index contributed by atoms with van der Waals surface area (Å²) in [6, 6.07) is 11.1. The highest BCUT2D eigenvalue weighted by atomic mass is 79.9. The second-order valence-corrected chi connectivity index (χ2v) is 6.53. The monoisotopic (exact) mass is 326 g/mol. The molecule has 2 aromatic carbocycles. The SMILES string of the molecule is Nc1cccc(N)c1S(=O)(=O)c1cccc(Br)c1. The first-order valence-corrected chi connectivity index (χ1v) is 7.35. The first kappa shape index (κ1) is 12.9. The maximum absolute atomic E-state index is 12.4. The number of rotatable bonds is 2. The highest BCUT2D eigenvalue weighted by Crippen LogP contribution is 2.31. The van der Waals surface area contributed by atoms with Crippen molar-refractivity contribution in [3.63, 3.8) is 0 Å². The maximum atomic E-state index is 12.4. The van der Waals surface area contributed by atoms with Crippen molar-refractivity contribution in [3.05, 3.63) is 46.9 Å². The zero-order chi connectivity index (χ0) is 13.3. The molecule has 4 nitrogen and oxygen atoms in total. The Morgan fingerprint density at radius 3 is 2.06 bits per heavy atom. The number of hydrogen-bond acceptors (Lipinski definition) is 4. The number of hydrogen-bond donors (Lipinski definition) is 2. The number of halogens is 1. The summed E-state index contributed by atoms with van der Waals surface area (Å²) < 4.78 is 25.6. The number of benzene rings is 2. The Morgan fingerprint density at radius 1 is 0.944 bits per heavy atom. The molecule has 4 N–H and O–H groups in total. The van der Waals surface area contributed by atoms with E-state index in [2.05, 4.69) is 15.9 Å². The van der Waals surface area contributed by atoms with Crippen LogP contribution in [-0.2, 0) is 9.84 Å². The summed E-state index contributed by atoms with van der Waals surface area (Å²) >= 11 is 3.24. The molecule has 0 aliphatic rings. The van der Waals surface area contributed by atoms with Crippen LogP contribution in [0.3, 0.4) is 0 Å². The summed E-state index contributed by atoms with van der Waals surface area (Å²) in [4.78, 5) is 0.115. The zero-order valence-corrected chi connectivity index (χ0v) is 11.7. The lowest BCUT2D eigenvalue weighted by Crippen LogP contribution is -2.08. The molecular weight excluding hydrogens is 316 g/mol. The van der Waals surface area contributed by atoms with Gasteiger partial charge in [0.25, 0.3) is 0 Å². The number of sulfone groups is 1. The summed E-state index contributed by atoms with van der Waals surface area (Å²) in [5.41, 5.74) is 11.7. The van der Waals surface area contributed by atoms with Gasteiger partial charge in [0.1, 0.15) is 4.90 Å². The fourth-order valence-electron chi connectivity index (χ4n) is 1.64. The van der Waals surface area contributed by atoms with Crippen molar-refractivity contribution in [2.75, 3.05) is 11.5 Å². The Balaban J connectivity index is 2.70. The molecule has 0 atom stereocenters. The predicted molar refractivity (Wildman–Crippen MR) is 74.9 cm³/mol. The topological polar surface area (TPSA) is 86.2 Å². The van der Waals surface area contributed by atoms with Crippen molar-refractivity contribution < 1.29 is 8.42 Å². The molecule has 0 fully saturated rings. The first-order chi connectivity index (χ1) is 8.43. The van der Waals surface area contributed by atoms with Gasteiger partial charge in [-0.25, -0.2) is 8.42 Å². The van der Waals surface area contributed by atoms with Crippen LogP contribution >= 0.6 is 15.9 Å². The van der Waals surface area contributed by atoms with Gasteiger partial charge in [-0.15, -0.1) is 0 Å². The normalized spacial score (nSPS) is 11.4. The molecule has 0 saturated carbocycles. The Labute approximate surface area is 114 Å². The van der Waals surface area contributed by atoms with Crippen LogP contribution in [0.15, 0.2) is 56.7 Å². The molecule has 0 aliphatic carbocycles. The summed E-state index contributed by atoms with van der Waals surface area (Å²) in [5.74, 6) is 0. The Bertz CT molecular complexity index is 679. The van der Waals surface area contributed by atoms with Crippen LogP contribution in [0.25, 0.3) is 0 Å². The molecule has 2 aromatic rings. The van der Waals surface area contributed by atoms with Crippen LogP contribution in [0.4, 0.5) is 11.4 Å². The van der Waals surface area contributed by atoms with E-state index < -0.39 is 9.84 Å². The van der Waals surface area contributed by atoms with Gasteiger partial charge < -0.3 is 11.5 Å². The lowest BCUT2D eigenvalue weighted by molar-refractivity contribution is 0.597. The van der Waals surface area contributed by atoms with Gasteiger partial charge in [-0.3, -0.25) is 0 Å². The average molecular weight is 327 g/mol. The Hall–Kier alpha value is -1.53. The van der Waals surface area contributed by atoms with Crippen molar-refractivity contribution in [3.8, 4) is 0 Å². The van der Waals surface area contributed by atoms with Crippen LogP contribution < -0.4 is 11.5 Å². The third kappa shape index (κ3) is 2.21. The summed E-state index contributed by atoms with van der Waals surface area (Å²) in [6.07, 6.45) is 0. The Morgan fingerprint density at radius 2 is 1.50 bits per heavy atom. The molecule has 0 heterocycles. The third-order valence-electron chi connectivity index (χ3n) is 2.45. The van der Waals surface area contributed by atoms with Crippen LogP contribution in [0.1, 0.15) is 0 Å². The lowest BCUT2D eigenvalue weighted by atomic mass is 10.3. The van der Waals surface area contributed by atoms with Gasteiger partial charge in [-0.05, 0) is 30.3 Å². The minimum Gasteiger partial charge on any atom is -0.398 e.